The second kappa shape index (κ2) is 5.34. The Bertz CT molecular complexity index is 736. The molecule has 0 atom stereocenters. The number of benzene rings is 1. The Morgan fingerprint density at radius 3 is 2.45 bits per heavy atom. The number of methoxy groups -OCH3 is 1. The fourth-order valence-electron chi connectivity index (χ4n) is 1.88. The van der Waals surface area contributed by atoms with Gasteiger partial charge in [0.15, 0.2) is 0 Å². The number of hydrogen-bond donors (Lipinski definition) is 2. The average Bonchev–Trinajstić information content (AvgIpc) is 2.69. The summed E-state index contributed by atoms with van der Waals surface area (Å²) in [4.78, 5) is 2.02. The number of ether oxygens (including phenoxy) is 1. The Morgan fingerprint density at radius 1 is 1.25 bits per heavy atom. The molecular weight excluding hydrogens is 296 g/mol. The Morgan fingerprint density at radius 2 is 1.95 bits per heavy atom. The fraction of sp³-hybridized carbons (Fsp3) is 0.231. The summed E-state index contributed by atoms with van der Waals surface area (Å²) in [6.45, 7) is 3.66. The number of hydrogen-bond acceptors (Lipinski definition) is 5. The Kier molecular flexibility index (Phi) is 3.92. The molecule has 20 heavy (non-hydrogen) atoms. The van der Waals surface area contributed by atoms with Crippen molar-refractivity contribution in [3.8, 4) is 5.75 Å². The van der Waals surface area contributed by atoms with E-state index in [1.165, 1.54) is 24.5 Å². The molecule has 2 aromatic rings. The molecule has 108 valence electrons. The van der Waals surface area contributed by atoms with E-state index in [0.29, 0.717) is 22.0 Å². The smallest absolute Gasteiger partial charge is 0.263 e. The zero-order valence-corrected chi connectivity index (χ0v) is 13.1. The van der Waals surface area contributed by atoms with Crippen LogP contribution in [0.4, 0.5) is 11.4 Å². The van der Waals surface area contributed by atoms with Gasteiger partial charge in [0.1, 0.15) is 10.6 Å². The van der Waals surface area contributed by atoms with Crippen molar-refractivity contribution < 1.29 is 13.2 Å². The zero-order chi connectivity index (χ0) is 14.9. The quantitative estimate of drug-likeness (QED) is 0.851. The van der Waals surface area contributed by atoms with Crippen LogP contribution in [0.2, 0.25) is 0 Å². The van der Waals surface area contributed by atoms with Gasteiger partial charge in [0, 0.05) is 9.75 Å². The standard InChI is InChI=1S/C13H16N2O3S2/c1-8-6-13(9(2)19-8)20(16,17)15-10-4-5-12(18-3)11(14)7-10/h4-7,15H,14H2,1-3H3. The summed E-state index contributed by atoms with van der Waals surface area (Å²) in [7, 11) is -2.09. The molecule has 0 bridgehead atoms. The van der Waals surface area contributed by atoms with Gasteiger partial charge in [-0.15, -0.1) is 11.3 Å². The predicted molar refractivity (Wildman–Crippen MR) is 82.0 cm³/mol. The van der Waals surface area contributed by atoms with E-state index in [9.17, 15) is 8.42 Å². The van der Waals surface area contributed by atoms with E-state index >= 15 is 0 Å². The summed E-state index contributed by atoms with van der Waals surface area (Å²) in [6.07, 6.45) is 0. The normalized spacial score (nSPS) is 11.3. The van der Waals surface area contributed by atoms with Crippen LogP contribution in [0, 0.1) is 13.8 Å². The summed E-state index contributed by atoms with van der Waals surface area (Å²) in [5.41, 5.74) is 6.55. The van der Waals surface area contributed by atoms with Crippen molar-refractivity contribution in [2.24, 2.45) is 0 Å². The summed E-state index contributed by atoms with van der Waals surface area (Å²) in [6, 6.07) is 6.43. The van der Waals surface area contributed by atoms with Gasteiger partial charge >= 0.3 is 0 Å². The van der Waals surface area contributed by atoms with Crippen molar-refractivity contribution in [2.75, 3.05) is 17.6 Å². The maximum atomic E-state index is 12.3. The minimum absolute atomic E-state index is 0.300. The first kappa shape index (κ1) is 14.7. The molecule has 3 N–H and O–H groups in total. The van der Waals surface area contributed by atoms with Gasteiger partial charge in [-0.1, -0.05) is 0 Å². The second-order valence-electron chi connectivity index (χ2n) is 4.34. The minimum Gasteiger partial charge on any atom is -0.495 e. The maximum absolute atomic E-state index is 12.3. The number of nitrogen functional groups attached to an aromatic ring is 1. The topological polar surface area (TPSA) is 81.4 Å². The van der Waals surface area contributed by atoms with Gasteiger partial charge in [-0.3, -0.25) is 4.72 Å². The predicted octanol–water partition coefficient (Wildman–Crippen LogP) is 2.76. The third kappa shape index (κ3) is 2.88. The number of anilines is 2. The van der Waals surface area contributed by atoms with Crippen LogP contribution in [-0.2, 0) is 10.0 Å². The van der Waals surface area contributed by atoms with Gasteiger partial charge in [-0.25, -0.2) is 8.42 Å². The lowest BCUT2D eigenvalue weighted by molar-refractivity contribution is 0.417. The van der Waals surface area contributed by atoms with Gasteiger partial charge in [0.25, 0.3) is 10.0 Å². The van der Waals surface area contributed by atoms with Gasteiger partial charge in [0.2, 0.25) is 0 Å². The molecule has 0 aliphatic carbocycles. The molecule has 0 saturated heterocycles. The zero-order valence-electron chi connectivity index (χ0n) is 11.4. The van der Waals surface area contributed by atoms with Crippen LogP contribution < -0.4 is 15.2 Å². The second-order valence-corrected chi connectivity index (χ2v) is 7.45. The van der Waals surface area contributed by atoms with Crippen molar-refractivity contribution >= 4 is 32.7 Å². The lowest BCUT2D eigenvalue weighted by Crippen LogP contribution is -2.13. The van der Waals surface area contributed by atoms with E-state index in [2.05, 4.69) is 4.72 Å². The highest BCUT2D eigenvalue weighted by molar-refractivity contribution is 7.93. The average molecular weight is 312 g/mol. The molecule has 0 unspecified atom stereocenters. The highest BCUT2D eigenvalue weighted by atomic mass is 32.2. The number of aryl methyl sites for hydroxylation is 2. The largest absolute Gasteiger partial charge is 0.495 e. The Labute approximate surface area is 122 Å². The third-order valence-electron chi connectivity index (χ3n) is 2.77. The van der Waals surface area contributed by atoms with Gasteiger partial charge in [0.05, 0.1) is 18.5 Å². The van der Waals surface area contributed by atoms with Crippen molar-refractivity contribution in [3.05, 3.63) is 34.0 Å². The molecule has 1 heterocycles. The van der Waals surface area contributed by atoms with Gasteiger partial charge < -0.3 is 10.5 Å². The number of rotatable bonds is 4. The van der Waals surface area contributed by atoms with E-state index in [-0.39, 0.29) is 0 Å². The molecule has 0 saturated carbocycles. The van der Waals surface area contributed by atoms with E-state index in [1.54, 1.807) is 25.1 Å². The van der Waals surface area contributed by atoms with Crippen LogP contribution in [0.5, 0.6) is 5.75 Å². The molecule has 0 aliphatic heterocycles. The van der Waals surface area contributed by atoms with Crippen molar-refractivity contribution in [1.82, 2.24) is 0 Å². The number of nitrogens with two attached hydrogens (primary N) is 1. The summed E-state index contributed by atoms with van der Waals surface area (Å²) < 4.78 is 32.2. The SMILES string of the molecule is COc1ccc(NS(=O)(=O)c2cc(C)sc2C)cc1N. The number of sulfonamides is 1. The summed E-state index contributed by atoms with van der Waals surface area (Å²) >= 11 is 1.45. The van der Waals surface area contributed by atoms with Crippen LogP contribution in [0.15, 0.2) is 29.2 Å². The van der Waals surface area contributed by atoms with Crippen LogP contribution in [0.3, 0.4) is 0 Å². The lowest BCUT2D eigenvalue weighted by atomic mass is 10.2. The molecule has 0 amide bonds. The minimum atomic E-state index is -3.60. The first-order valence-corrected chi connectivity index (χ1v) is 8.17. The van der Waals surface area contributed by atoms with E-state index in [0.717, 1.165) is 9.75 Å². The summed E-state index contributed by atoms with van der Waals surface area (Å²) in [5.74, 6) is 0.510. The molecule has 0 fully saturated rings. The molecule has 1 aromatic carbocycles. The van der Waals surface area contributed by atoms with Gasteiger partial charge in [-0.2, -0.15) is 0 Å². The molecular formula is C13H16N2O3S2. The Hall–Kier alpha value is -1.73. The van der Waals surface area contributed by atoms with E-state index in [4.69, 9.17) is 10.5 Å². The number of thiophene rings is 1. The van der Waals surface area contributed by atoms with E-state index in [1.807, 2.05) is 6.92 Å². The van der Waals surface area contributed by atoms with Crippen LogP contribution >= 0.6 is 11.3 Å². The first-order valence-electron chi connectivity index (χ1n) is 5.87. The molecule has 7 heteroatoms. The van der Waals surface area contributed by atoms with Crippen LogP contribution in [0.1, 0.15) is 9.75 Å². The monoisotopic (exact) mass is 312 g/mol. The highest BCUT2D eigenvalue weighted by Crippen LogP contribution is 2.29. The van der Waals surface area contributed by atoms with Crippen molar-refractivity contribution in [3.63, 3.8) is 0 Å². The van der Waals surface area contributed by atoms with Gasteiger partial charge in [-0.05, 0) is 38.1 Å². The van der Waals surface area contributed by atoms with Crippen molar-refractivity contribution in [2.45, 2.75) is 18.7 Å². The maximum Gasteiger partial charge on any atom is 0.263 e. The van der Waals surface area contributed by atoms with Crippen LogP contribution in [-0.4, -0.2) is 15.5 Å². The molecule has 1 aromatic heterocycles. The number of nitrogens with one attached hydrogen (secondary N) is 1. The molecule has 0 radical (unpaired) electrons. The molecule has 0 spiro atoms. The third-order valence-corrected chi connectivity index (χ3v) is 5.37. The molecule has 5 nitrogen and oxygen atoms in total. The van der Waals surface area contributed by atoms with Crippen molar-refractivity contribution in [1.29, 1.82) is 0 Å². The van der Waals surface area contributed by atoms with E-state index < -0.39 is 10.0 Å². The highest BCUT2D eigenvalue weighted by Gasteiger charge is 2.19. The van der Waals surface area contributed by atoms with Crippen LogP contribution in [0.25, 0.3) is 0 Å². The summed E-state index contributed by atoms with van der Waals surface area (Å²) in [5, 5.41) is 0. The molecule has 2 rings (SSSR count). The lowest BCUT2D eigenvalue weighted by Gasteiger charge is -2.10. The molecule has 0 aliphatic rings. The first-order chi connectivity index (χ1) is 9.33. The fourth-order valence-corrected chi connectivity index (χ4v) is 4.49. The Balaban J connectivity index is 2.33.